The van der Waals surface area contributed by atoms with Gasteiger partial charge in [0.2, 0.25) is 0 Å². The summed E-state index contributed by atoms with van der Waals surface area (Å²) in [5, 5.41) is 2.26. The van der Waals surface area contributed by atoms with Crippen LogP contribution in [0.2, 0.25) is 0 Å². The molecule has 1 N–H and O–H groups in total. The third-order valence-corrected chi connectivity index (χ3v) is 6.83. The van der Waals surface area contributed by atoms with E-state index in [1.807, 2.05) is 36.4 Å². The van der Waals surface area contributed by atoms with E-state index < -0.39 is 0 Å². The second kappa shape index (κ2) is 14.8. The van der Waals surface area contributed by atoms with Gasteiger partial charge in [-0.05, 0) is 71.9 Å². The van der Waals surface area contributed by atoms with Gasteiger partial charge in [0.05, 0.1) is 12.2 Å². The maximum atomic E-state index is 13.0. The molecule has 6 heteroatoms. The summed E-state index contributed by atoms with van der Waals surface area (Å²) in [7, 11) is 0. The molecule has 3 aromatic rings. The summed E-state index contributed by atoms with van der Waals surface area (Å²) in [4.78, 5) is 35.2. The average Bonchev–Trinajstić information content (AvgIpc) is 3.31. The topological polar surface area (TPSA) is 72.5 Å². The van der Waals surface area contributed by atoms with Crippen molar-refractivity contribution < 1.29 is 23.5 Å². The molecule has 0 unspecified atom stereocenters. The molecule has 0 bridgehead atoms. The molecule has 0 atom stereocenters. The smallest absolute Gasteiger partial charge is 0.258 e. The van der Waals surface area contributed by atoms with Crippen molar-refractivity contribution in [3.8, 4) is 0 Å². The molecule has 40 heavy (non-hydrogen) atoms. The van der Waals surface area contributed by atoms with E-state index >= 15 is 0 Å². The Balaban J connectivity index is 1.03. The van der Waals surface area contributed by atoms with E-state index in [1.165, 1.54) is 61.2 Å². The van der Waals surface area contributed by atoms with Gasteiger partial charge in [0, 0.05) is 18.2 Å². The molecule has 0 aromatic heterocycles. The van der Waals surface area contributed by atoms with Gasteiger partial charge in [0.1, 0.15) is 5.82 Å². The largest absolute Gasteiger partial charge is 0.377 e. The van der Waals surface area contributed by atoms with Crippen molar-refractivity contribution in [2.24, 2.45) is 0 Å². The van der Waals surface area contributed by atoms with Gasteiger partial charge in [-0.3, -0.25) is 19.7 Å². The first-order valence-electron chi connectivity index (χ1n) is 13.8. The van der Waals surface area contributed by atoms with Gasteiger partial charge >= 0.3 is 0 Å². The van der Waals surface area contributed by atoms with Crippen LogP contribution in [-0.4, -0.2) is 24.2 Å². The Morgan fingerprint density at radius 2 is 1.43 bits per heavy atom. The molecule has 0 aliphatic carbocycles. The van der Waals surface area contributed by atoms with Crippen molar-refractivity contribution in [1.82, 2.24) is 5.32 Å². The van der Waals surface area contributed by atoms with E-state index in [1.54, 1.807) is 6.08 Å². The third kappa shape index (κ3) is 8.95. The number of hydrogen-bond acceptors (Lipinski definition) is 4. The number of imide groups is 1. The number of ketones is 1. The van der Waals surface area contributed by atoms with Crippen LogP contribution in [0.15, 0.2) is 84.9 Å². The number of aryl methyl sites for hydroxylation is 1. The number of carbonyl (C=O) groups excluding carboxylic acids is 3. The molecule has 1 aliphatic heterocycles. The molecule has 206 valence electrons. The van der Waals surface area contributed by atoms with Crippen molar-refractivity contribution >= 4 is 29.2 Å². The van der Waals surface area contributed by atoms with Crippen LogP contribution in [0.3, 0.4) is 0 Å². The van der Waals surface area contributed by atoms with Gasteiger partial charge in [0.25, 0.3) is 11.8 Å². The summed E-state index contributed by atoms with van der Waals surface area (Å²) in [6.45, 7) is 1.25. The number of nitrogens with one attached hydrogen (secondary N) is 1. The fraction of sp³-hybridized carbons (Fsp3) is 0.265. The number of allylic oxidation sites excluding steroid dienone is 1. The van der Waals surface area contributed by atoms with Gasteiger partial charge in [-0.15, -0.1) is 0 Å². The number of benzene rings is 3. The molecule has 0 fully saturated rings. The molecule has 0 saturated carbocycles. The van der Waals surface area contributed by atoms with Crippen LogP contribution >= 0.6 is 0 Å². The van der Waals surface area contributed by atoms with Crippen molar-refractivity contribution in [1.29, 1.82) is 0 Å². The van der Waals surface area contributed by atoms with E-state index in [2.05, 4.69) is 17.4 Å². The van der Waals surface area contributed by atoms with E-state index in [-0.39, 0.29) is 23.4 Å². The lowest BCUT2D eigenvalue weighted by atomic mass is 10.0. The predicted molar refractivity (Wildman–Crippen MR) is 155 cm³/mol. The third-order valence-electron chi connectivity index (χ3n) is 6.83. The average molecular weight is 540 g/mol. The quantitative estimate of drug-likeness (QED) is 0.0991. The Labute approximate surface area is 234 Å². The zero-order valence-corrected chi connectivity index (χ0v) is 22.5. The van der Waals surface area contributed by atoms with E-state index in [4.69, 9.17) is 4.74 Å². The normalized spacial score (nSPS) is 13.1. The summed E-state index contributed by atoms with van der Waals surface area (Å²) in [6, 6.07) is 21.4. The Hall–Kier alpha value is -4.16. The summed E-state index contributed by atoms with van der Waals surface area (Å²) in [5.74, 6) is -1.22. The first kappa shape index (κ1) is 28.8. The van der Waals surface area contributed by atoms with E-state index in [0.29, 0.717) is 17.7 Å². The lowest BCUT2D eigenvalue weighted by Crippen LogP contribution is -2.21. The van der Waals surface area contributed by atoms with Crippen LogP contribution in [0.25, 0.3) is 11.6 Å². The summed E-state index contributed by atoms with van der Waals surface area (Å²) < 4.78 is 18.8. The molecule has 3 aromatic carbocycles. The Bertz CT molecular complexity index is 1360. The molecule has 0 spiro atoms. The zero-order chi connectivity index (χ0) is 28.2. The standard InChI is InChI=1S/C34H34FNO4/c35-30-19-17-29(18-20-30)32(37)21-14-26-10-8-25(9-11-26)7-5-3-1-2-4-6-22-40-24-27-12-15-28(16-13-27)31-23-33(38)36-34(31)39/h8-21,23H,1-7,22,24H2,(H,36,38,39). The molecule has 2 amide bonds. The first-order chi connectivity index (χ1) is 19.5. The lowest BCUT2D eigenvalue weighted by molar-refractivity contribution is -0.123. The summed E-state index contributed by atoms with van der Waals surface area (Å²) >= 11 is 0. The van der Waals surface area contributed by atoms with Crippen molar-refractivity contribution in [3.63, 3.8) is 0 Å². The first-order valence-corrected chi connectivity index (χ1v) is 13.8. The van der Waals surface area contributed by atoms with Gasteiger partial charge in [-0.1, -0.05) is 80.3 Å². The van der Waals surface area contributed by atoms with E-state index in [0.717, 1.165) is 49.0 Å². The number of halogens is 1. The second-order valence-corrected chi connectivity index (χ2v) is 9.94. The monoisotopic (exact) mass is 539 g/mol. The highest BCUT2D eigenvalue weighted by Crippen LogP contribution is 2.19. The van der Waals surface area contributed by atoms with Crippen LogP contribution in [0.4, 0.5) is 4.39 Å². The molecule has 0 saturated heterocycles. The molecule has 1 aliphatic rings. The Morgan fingerprint density at radius 1 is 0.775 bits per heavy atom. The fourth-order valence-electron chi connectivity index (χ4n) is 4.51. The second-order valence-electron chi connectivity index (χ2n) is 9.94. The Kier molecular flexibility index (Phi) is 10.7. The minimum Gasteiger partial charge on any atom is -0.377 e. The molecular weight excluding hydrogens is 505 g/mol. The van der Waals surface area contributed by atoms with Crippen LogP contribution in [0, 0.1) is 5.82 Å². The highest BCUT2D eigenvalue weighted by atomic mass is 19.1. The molecule has 4 rings (SSSR count). The number of amides is 2. The van der Waals surface area contributed by atoms with Crippen molar-refractivity contribution in [2.45, 2.75) is 51.6 Å². The van der Waals surface area contributed by atoms with Crippen molar-refractivity contribution in [3.05, 3.63) is 119 Å². The molecular formula is C34H34FNO4. The minimum atomic E-state index is -0.372. The highest BCUT2D eigenvalue weighted by molar-refractivity contribution is 6.33. The maximum absolute atomic E-state index is 13.0. The van der Waals surface area contributed by atoms with Gasteiger partial charge < -0.3 is 4.74 Å². The Morgan fingerprint density at radius 3 is 2.10 bits per heavy atom. The number of rotatable bonds is 15. The maximum Gasteiger partial charge on any atom is 0.258 e. The number of hydrogen-bond donors (Lipinski definition) is 1. The zero-order valence-electron chi connectivity index (χ0n) is 22.5. The summed E-state index contributed by atoms with van der Waals surface area (Å²) in [5.41, 5.74) is 4.90. The summed E-state index contributed by atoms with van der Waals surface area (Å²) in [6.07, 6.45) is 12.6. The van der Waals surface area contributed by atoms with Gasteiger partial charge in [-0.2, -0.15) is 0 Å². The van der Waals surface area contributed by atoms with Crippen LogP contribution in [-0.2, 0) is 27.4 Å². The van der Waals surface area contributed by atoms with Crippen LogP contribution in [0.1, 0.15) is 71.1 Å². The minimum absolute atomic E-state index is 0.142. The number of unbranched alkanes of at least 4 members (excludes halogenated alkanes) is 5. The fourth-order valence-corrected chi connectivity index (χ4v) is 4.51. The molecule has 5 nitrogen and oxygen atoms in total. The SMILES string of the molecule is O=C1C=C(c2ccc(COCCCCCCCCc3ccc(C=CC(=O)c4ccc(F)cc4)cc3)cc2)C(=O)N1. The highest BCUT2D eigenvalue weighted by Gasteiger charge is 2.21. The van der Waals surface area contributed by atoms with Crippen molar-refractivity contribution in [2.75, 3.05) is 6.61 Å². The number of carbonyl (C=O) groups is 3. The predicted octanol–water partition coefficient (Wildman–Crippen LogP) is 6.86. The lowest BCUT2D eigenvalue weighted by Gasteiger charge is -2.06. The molecule has 1 heterocycles. The molecule has 0 radical (unpaired) electrons. The number of ether oxygens (including phenoxy) is 1. The van der Waals surface area contributed by atoms with E-state index in [9.17, 15) is 18.8 Å². The van der Waals surface area contributed by atoms with Crippen LogP contribution in [0.5, 0.6) is 0 Å². The van der Waals surface area contributed by atoms with Crippen LogP contribution < -0.4 is 5.32 Å². The van der Waals surface area contributed by atoms with Gasteiger partial charge in [-0.25, -0.2) is 4.39 Å². The van der Waals surface area contributed by atoms with Gasteiger partial charge in [0.15, 0.2) is 5.78 Å².